The number of ether oxygens (including phenoxy) is 2. The molecule has 0 spiro atoms. The highest BCUT2D eigenvalue weighted by atomic mass is 16.6. The van der Waals surface area contributed by atoms with Crippen LogP contribution in [-0.2, 0) is 10.2 Å². The molecular formula is C22H23N5O3. The highest BCUT2D eigenvalue weighted by Gasteiger charge is 2.22. The summed E-state index contributed by atoms with van der Waals surface area (Å²) in [4.78, 5) is 21.1. The number of rotatable bonds is 4. The van der Waals surface area contributed by atoms with Crippen molar-refractivity contribution in [3.05, 3.63) is 60.1 Å². The monoisotopic (exact) mass is 405 g/mol. The number of benzene rings is 1. The summed E-state index contributed by atoms with van der Waals surface area (Å²) in [7, 11) is 0. The molecule has 1 aliphatic rings. The van der Waals surface area contributed by atoms with Crippen LogP contribution in [0.3, 0.4) is 0 Å². The molecule has 0 saturated heterocycles. The van der Waals surface area contributed by atoms with Crippen molar-refractivity contribution in [2.75, 3.05) is 18.5 Å². The fraction of sp³-hybridized carbons (Fsp3) is 0.273. The molecule has 8 heteroatoms. The van der Waals surface area contributed by atoms with E-state index in [9.17, 15) is 4.79 Å². The quantitative estimate of drug-likeness (QED) is 0.669. The fourth-order valence-electron chi connectivity index (χ4n) is 2.89. The van der Waals surface area contributed by atoms with E-state index >= 15 is 0 Å². The number of carbonyl (C=O) groups excluding carboxylic acids is 1. The number of nitrogens with zero attached hydrogens (tertiary/aromatic N) is 4. The predicted octanol–water partition coefficient (Wildman–Crippen LogP) is 3.38. The summed E-state index contributed by atoms with van der Waals surface area (Å²) in [5.74, 6) is 1.99. The number of carbonyl (C=O) groups is 1. The molecule has 154 valence electrons. The summed E-state index contributed by atoms with van der Waals surface area (Å²) >= 11 is 0. The Kier molecular flexibility index (Phi) is 5.22. The zero-order valence-electron chi connectivity index (χ0n) is 17.1. The van der Waals surface area contributed by atoms with Crippen molar-refractivity contribution >= 4 is 17.8 Å². The van der Waals surface area contributed by atoms with Gasteiger partial charge in [-0.1, -0.05) is 26.8 Å². The van der Waals surface area contributed by atoms with Crippen molar-refractivity contribution in [2.24, 2.45) is 0 Å². The first kappa shape index (κ1) is 19.6. The largest absolute Gasteiger partial charge is 0.486 e. The van der Waals surface area contributed by atoms with Crippen LogP contribution in [0, 0.1) is 0 Å². The highest BCUT2D eigenvalue weighted by Crippen LogP contribution is 2.31. The Bertz CT molecular complexity index is 1080. The number of anilines is 1. The summed E-state index contributed by atoms with van der Waals surface area (Å²) in [6, 6.07) is 9.12. The Hall–Kier alpha value is -3.68. The molecule has 1 aromatic carbocycles. The van der Waals surface area contributed by atoms with Crippen molar-refractivity contribution in [3.8, 4) is 17.4 Å². The highest BCUT2D eigenvalue weighted by molar-refractivity contribution is 6.01. The van der Waals surface area contributed by atoms with Gasteiger partial charge in [0.05, 0.1) is 5.69 Å². The standard InChI is InChI=1S/C22H23N5O3/c1-22(2,3)18-14-19(27(26-18)21-23-9-4-10-24-21)25-20(28)8-6-15-5-7-16-17(13-15)30-12-11-29-16/h4-10,13-14H,11-12H2,1-3H3,(H,25,28)/b8-6+. The first-order valence-electron chi connectivity index (χ1n) is 9.67. The lowest BCUT2D eigenvalue weighted by atomic mass is 9.92. The third-order valence-electron chi connectivity index (χ3n) is 4.46. The van der Waals surface area contributed by atoms with Crippen LogP contribution in [0.15, 0.2) is 48.8 Å². The fourth-order valence-corrected chi connectivity index (χ4v) is 2.89. The van der Waals surface area contributed by atoms with Crippen LogP contribution in [0.2, 0.25) is 0 Å². The van der Waals surface area contributed by atoms with Crippen LogP contribution < -0.4 is 14.8 Å². The van der Waals surface area contributed by atoms with E-state index in [-0.39, 0.29) is 11.3 Å². The van der Waals surface area contributed by atoms with Gasteiger partial charge in [-0.2, -0.15) is 9.78 Å². The number of amides is 1. The molecule has 0 bridgehead atoms. The molecule has 0 saturated carbocycles. The zero-order chi connectivity index (χ0) is 21.1. The molecule has 8 nitrogen and oxygen atoms in total. The first-order valence-corrected chi connectivity index (χ1v) is 9.67. The lowest BCUT2D eigenvalue weighted by molar-refractivity contribution is -0.111. The summed E-state index contributed by atoms with van der Waals surface area (Å²) in [6.07, 6.45) is 6.45. The van der Waals surface area contributed by atoms with Crippen molar-refractivity contribution < 1.29 is 14.3 Å². The van der Waals surface area contributed by atoms with E-state index in [4.69, 9.17) is 9.47 Å². The van der Waals surface area contributed by atoms with Crippen LogP contribution in [0.1, 0.15) is 32.0 Å². The van der Waals surface area contributed by atoms with E-state index in [0.717, 1.165) is 11.3 Å². The zero-order valence-corrected chi connectivity index (χ0v) is 17.1. The number of aromatic nitrogens is 4. The van der Waals surface area contributed by atoms with Gasteiger partial charge in [-0.25, -0.2) is 9.97 Å². The van der Waals surface area contributed by atoms with E-state index in [0.29, 0.717) is 36.5 Å². The number of hydrogen-bond acceptors (Lipinski definition) is 6. The van der Waals surface area contributed by atoms with E-state index < -0.39 is 0 Å². The van der Waals surface area contributed by atoms with Gasteiger partial charge in [-0.3, -0.25) is 4.79 Å². The maximum atomic E-state index is 12.6. The molecule has 0 atom stereocenters. The second kappa shape index (κ2) is 7.98. The predicted molar refractivity (Wildman–Crippen MR) is 113 cm³/mol. The van der Waals surface area contributed by atoms with Crippen molar-refractivity contribution in [3.63, 3.8) is 0 Å². The van der Waals surface area contributed by atoms with Crippen LogP contribution in [-0.4, -0.2) is 38.9 Å². The minimum atomic E-state index is -0.289. The molecule has 30 heavy (non-hydrogen) atoms. The van der Waals surface area contributed by atoms with Gasteiger partial charge >= 0.3 is 0 Å². The molecule has 4 rings (SSSR count). The maximum Gasteiger partial charge on any atom is 0.252 e. The van der Waals surface area contributed by atoms with Gasteiger partial charge in [0.15, 0.2) is 11.5 Å². The van der Waals surface area contributed by atoms with Gasteiger partial charge in [0.25, 0.3) is 5.95 Å². The number of hydrogen-bond donors (Lipinski definition) is 1. The van der Waals surface area contributed by atoms with Crippen LogP contribution in [0.5, 0.6) is 11.5 Å². The molecule has 1 N–H and O–H groups in total. The Morgan fingerprint density at radius 3 is 2.57 bits per heavy atom. The molecule has 0 fully saturated rings. The van der Waals surface area contributed by atoms with Gasteiger partial charge < -0.3 is 14.8 Å². The summed E-state index contributed by atoms with van der Waals surface area (Å²) in [5, 5.41) is 7.47. The minimum absolute atomic E-state index is 0.194. The smallest absolute Gasteiger partial charge is 0.252 e. The molecule has 3 aromatic rings. The molecule has 3 heterocycles. The third kappa shape index (κ3) is 4.32. The van der Waals surface area contributed by atoms with Crippen LogP contribution >= 0.6 is 0 Å². The van der Waals surface area contributed by atoms with Gasteiger partial charge in [0, 0.05) is 30.0 Å². The molecule has 0 aliphatic carbocycles. The Morgan fingerprint density at radius 2 is 1.83 bits per heavy atom. The first-order chi connectivity index (χ1) is 14.4. The van der Waals surface area contributed by atoms with E-state index in [1.165, 1.54) is 10.8 Å². The third-order valence-corrected chi connectivity index (χ3v) is 4.46. The average Bonchev–Trinajstić information content (AvgIpc) is 3.17. The van der Waals surface area contributed by atoms with Gasteiger partial charge in [-0.05, 0) is 29.8 Å². The van der Waals surface area contributed by atoms with E-state index in [1.807, 2.05) is 24.3 Å². The second-order valence-electron chi connectivity index (χ2n) is 7.85. The normalized spacial score (nSPS) is 13.4. The number of nitrogens with one attached hydrogen (secondary N) is 1. The minimum Gasteiger partial charge on any atom is -0.486 e. The molecular weight excluding hydrogens is 382 g/mol. The molecule has 1 aliphatic heterocycles. The average molecular weight is 405 g/mol. The molecule has 0 unspecified atom stereocenters. The van der Waals surface area contributed by atoms with Crippen LogP contribution in [0.4, 0.5) is 5.82 Å². The SMILES string of the molecule is CC(C)(C)c1cc(NC(=O)/C=C/c2ccc3c(c2)OCCO3)n(-c2ncccn2)n1. The van der Waals surface area contributed by atoms with Gasteiger partial charge in [0.2, 0.25) is 5.91 Å². The summed E-state index contributed by atoms with van der Waals surface area (Å²) in [5.41, 5.74) is 1.46. The number of fused-ring (bicyclic) bond motifs is 1. The van der Waals surface area contributed by atoms with E-state index in [2.05, 4.69) is 41.2 Å². The summed E-state index contributed by atoms with van der Waals surface area (Å²) in [6.45, 7) is 7.22. The molecule has 1 amide bonds. The Morgan fingerprint density at radius 1 is 1.10 bits per heavy atom. The Balaban J connectivity index is 1.55. The lowest BCUT2D eigenvalue weighted by Gasteiger charge is -2.18. The summed E-state index contributed by atoms with van der Waals surface area (Å²) < 4.78 is 12.6. The second-order valence-corrected chi connectivity index (χ2v) is 7.85. The van der Waals surface area contributed by atoms with Crippen molar-refractivity contribution in [2.45, 2.75) is 26.2 Å². The lowest BCUT2D eigenvalue weighted by Crippen LogP contribution is -2.15. The van der Waals surface area contributed by atoms with Gasteiger partial charge in [-0.15, -0.1) is 0 Å². The van der Waals surface area contributed by atoms with Gasteiger partial charge in [0.1, 0.15) is 19.0 Å². The molecule has 2 aromatic heterocycles. The Labute approximate surface area is 174 Å². The van der Waals surface area contributed by atoms with Crippen molar-refractivity contribution in [1.29, 1.82) is 0 Å². The van der Waals surface area contributed by atoms with E-state index in [1.54, 1.807) is 24.5 Å². The van der Waals surface area contributed by atoms with Crippen LogP contribution in [0.25, 0.3) is 12.0 Å². The van der Waals surface area contributed by atoms with Crippen molar-refractivity contribution in [1.82, 2.24) is 19.7 Å². The molecule has 0 radical (unpaired) electrons. The topological polar surface area (TPSA) is 91.2 Å². The maximum absolute atomic E-state index is 12.6.